The molecule has 0 bridgehead atoms. The van der Waals surface area contributed by atoms with E-state index in [-0.39, 0.29) is 24.8 Å². The van der Waals surface area contributed by atoms with Gasteiger partial charge in [-0.15, -0.1) is 0 Å². The standard InChI is InChI=1S/C23H27N3O5S/c1-4-23(14-13-20(27)25-22(23)29)17-9-11-18(12-10-17)24-21(28)15-26(32(3,30)31)19-8-6-5-7-16(19)2/h5-12H,4,13-15H2,1-3H3,(H,24,28)(H,25,27,29). The summed E-state index contributed by atoms with van der Waals surface area (Å²) in [5, 5.41) is 5.13. The normalized spacial score (nSPS) is 18.7. The topological polar surface area (TPSA) is 113 Å². The molecule has 0 saturated carbocycles. The van der Waals surface area contributed by atoms with Gasteiger partial charge in [0, 0.05) is 12.1 Å². The van der Waals surface area contributed by atoms with Gasteiger partial charge in [0.2, 0.25) is 27.7 Å². The number of imide groups is 1. The molecule has 2 aromatic rings. The molecule has 0 spiro atoms. The first-order chi connectivity index (χ1) is 15.1. The average Bonchev–Trinajstić information content (AvgIpc) is 2.73. The van der Waals surface area contributed by atoms with Gasteiger partial charge in [-0.3, -0.25) is 24.0 Å². The van der Waals surface area contributed by atoms with Gasteiger partial charge in [-0.2, -0.15) is 0 Å². The minimum atomic E-state index is -3.67. The summed E-state index contributed by atoms with van der Waals surface area (Å²) in [6, 6.07) is 13.8. The van der Waals surface area contributed by atoms with Crippen molar-refractivity contribution in [1.82, 2.24) is 5.32 Å². The van der Waals surface area contributed by atoms with Crippen molar-refractivity contribution in [2.45, 2.75) is 38.5 Å². The molecule has 1 aliphatic heterocycles. The Labute approximate surface area is 188 Å². The fourth-order valence-electron chi connectivity index (χ4n) is 3.99. The third-order valence-electron chi connectivity index (χ3n) is 5.86. The Bertz CT molecular complexity index is 1140. The molecule has 1 atom stereocenters. The molecule has 3 amide bonds. The zero-order chi connectivity index (χ0) is 23.5. The van der Waals surface area contributed by atoms with Crippen LogP contribution in [0.25, 0.3) is 0 Å². The van der Waals surface area contributed by atoms with E-state index in [0.717, 1.165) is 21.7 Å². The van der Waals surface area contributed by atoms with Gasteiger partial charge in [-0.1, -0.05) is 37.3 Å². The molecule has 0 aromatic heterocycles. The lowest BCUT2D eigenvalue weighted by Gasteiger charge is -2.35. The van der Waals surface area contributed by atoms with Crippen LogP contribution in [0.3, 0.4) is 0 Å². The number of carbonyl (C=O) groups is 3. The number of carbonyl (C=O) groups excluding carboxylic acids is 3. The maximum Gasteiger partial charge on any atom is 0.245 e. The van der Waals surface area contributed by atoms with Crippen LogP contribution in [0.5, 0.6) is 0 Å². The number of benzene rings is 2. The molecule has 1 unspecified atom stereocenters. The fourth-order valence-corrected chi connectivity index (χ4v) is 4.91. The number of anilines is 2. The molecule has 0 radical (unpaired) electrons. The number of para-hydroxylation sites is 1. The van der Waals surface area contributed by atoms with Crippen molar-refractivity contribution in [3.05, 3.63) is 59.7 Å². The highest BCUT2D eigenvalue weighted by Gasteiger charge is 2.42. The van der Waals surface area contributed by atoms with Gasteiger partial charge in [0.15, 0.2) is 0 Å². The maximum absolute atomic E-state index is 12.6. The van der Waals surface area contributed by atoms with Crippen LogP contribution in [0.2, 0.25) is 0 Å². The second-order valence-electron chi connectivity index (χ2n) is 7.99. The summed E-state index contributed by atoms with van der Waals surface area (Å²) in [5.74, 6) is -1.07. The van der Waals surface area contributed by atoms with Crippen LogP contribution >= 0.6 is 0 Å². The van der Waals surface area contributed by atoms with Gasteiger partial charge >= 0.3 is 0 Å². The van der Waals surface area contributed by atoms with Crippen molar-refractivity contribution in [1.29, 1.82) is 0 Å². The number of amides is 3. The highest BCUT2D eigenvalue weighted by Crippen LogP contribution is 2.36. The van der Waals surface area contributed by atoms with Crippen molar-refractivity contribution in [3.8, 4) is 0 Å². The van der Waals surface area contributed by atoms with Crippen molar-refractivity contribution in [3.63, 3.8) is 0 Å². The minimum Gasteiger partial charge on any atom is -0.325 e. The molecule has 3 rings (SSSR count). The van der Waals surface area contributed by atoms with Gasteiger partial charge in [-0.25, -0.2) is 8.42 Å². The Morgan fingerprint density at radius 1 is 1.12 bits per heavy atom. The molecule has 8 nitrogen and oxygen atoms in total. The molecule has 0 aliphatic carbocycles. The first-order valence-corrected chi connectivity index (χ1v) is 12.2. The third-order valence-corrected chi connectivity index (χ3v) is 6.99. The lowest BCUT2D eigenvalue weighted by molar-refractivity contribution is -0.138. The average molecular weight is 458 g/mol. The molecule has 9 heteroatoms. The molecule has 1 aliphatic rings. The summed E-state index contributed by atoms with van der Waals surface area (Å²) in [6.07, 6.45) is 2.31. The van der Waals surface area contributed by atoms with Crippen molar-refractivity contribution in [2.24, 2.45) is 0 Å². The predicted octanol–water partition coefficient (Wildman–Crippen LogP) is 2.48. The van der Waals surface area contributed by atoms with E-state index in [4.69, 9.17) is 0 Å². The summed E-state index contributed by atoms with van der Waals surface area (Å²) in [4.78, 5) is 36.7. The Kier molecular flexibility index (Phi) is 6.68. The van der Waals surface area contributed by atoms with E-state index in [2.05, 4.69) is 10.6 Å². The lowest BCUT2D eigenvalue weighted by atomic mass is 9.72. The minimum absolute atomic E-state index is 0.271. The largest absolute Gasteiger partial charge is 0.325 e. The molecule has 1 heterocycles. The molecular formula is C23H27N3O5S. The number of aryl methyl sites for hydroxylation is 1. The van der Waals surface area contributed by atoms with Crippen molar-refractivity contribution >= 4 is 39.1 Å². The van der Waals surface area contributed by atoms with E-state index in [9.17, 15) is 22.8 Å². The highest BCUT2D eigenvalue weighted by molar-refractivity contribution is 7.92. The summed E-state index contributed by atoms with van der Waals surface area (Å²) >= 11 is 0. The van der Waals surface area contributed by atoms with Crippen LogP contribution in [0, 0.1) is 6.92 Å². The third kappa shape index (κ3) is 4.83. The van der Waals surface area contributed by atoms with E-state index in [1.165, 1.54) is 0 Å². The van der Waals surface area contributed by atoms with E-state index >= 15 is 0 Å². The molecular weight excluding hydrogens is 430 g/mol. The summed E-state index contributed by atoms with van der Waals surface area (Å²) in [5.41, 5.74) is 1.65. The SMILES string of the molecule is CCC1(c2ccc(NC(=O)CN(c3ccccc3C)S(C)(=O)=O)cc2)CCC(=O)NC1=O. The van der Waals surface area contributed by atoms with Crippen LogP contribution in [0.4, 0.5) is 11.4 Å². The van der Waals surface area contributed by atoms with Crippen LogP contribution < -0.4 is 14.9 Å². The zero-order valence-electron chi connectivity index (χ0n) is 18.3. The lowest BCUT2D eigenvalue weighted by Crippen LogP contribution is -2.51. The van der Waals surface area contributed by atoms with Gasteiger partial charge in [0.25, 0.3) is 0 Å². The number of sulfonamides is 1. The van der Waals surface area contributed by atoms with E-state index in [1.807, 2.05) is 6.92 Å². The Morgan fingerprint density at radius 3 is 2.34 bits per heavy atom. The quantitative estimate of drug-likeness (QED) is 0.621. The van der Waals surface area contributed by atoms with Crippen LogP contribution in [0.1, 0.15) is 37.3 Å². The number of hydrogen-bond donors (Lipinski definition) is 2. The predicted molar refractivity (Wildman–Crippen MR) is 123 cm³/mol. The Balaban J connectivity index is 1.76. The number of nitrogens with zero attached hydrogens (tertiary/aromatic N) is 1. The van der Waals surface area contributed by atoms with Crippen LogP contribution in [-0.2, 0) is 29.8 Å². The number of nitrogens with one attached hydrogen (secondary N) is 2. The fraction of sp³-hybridized carbons (Fsp3) is 0.348. The summed E-state index contributed by atoms with van der Waals surface area (Å²) in [6.45, 7) is 3.31. The van der Waals surface area contributed by atoms with Gasteiger partial charge in [0.1, 0.15) is 6.54 Å². The molecule has 1 saturated heterocycles. The van der Waals surface area contributed by atoms with Crippen LogP contribution in [-0.4, -0.2) is 38.9 Å². The molecule has 2 N–H and O–H groups in total. The van der Waals surface area contributed by atoms with Crippen molar-refractivity contribution < 1.29 is 22.8 Å². The number of piperidine rings is 1. The first-order valence-electron chi connectivity index (χ1n) is 10.3. The first kappa shape index (κ1) is 23.5. The second kappa shape index (κ2) is 9.12. The van der Waals surface area contributed by atoms with E-state index < -0.39 is 21.3 Å². The zero-order valence-corrected chi connectivity index (χ0v) is 19.2. The smallest absolute Gasteiger partial charge is 0.245 e. The van der Waals surface area contributed by atoms with Gasteiger partial charge in [-0.05, 0) is 49.1 Å². The number of rotatable bonds is 7. The van der Waals surface area contributed by atoms with Gasteiger partial charge < -0.3 is 5.32 Å². The Hall–Kier alpha value is -3.20. The van der Waals surface area contributed by atoms with Crippen LogP contribution in [0.15, 0.2) is 48.5 Å². The maximum atomic E-state index is 12.6. The summed E-state index contributed by atoms with van der Waals surface area (Å²) < 4.78 is 25.7. The number of hydrogen-bond acceptors (Lipinski definition) is 5. The Morgan fingerprint density at radius 2 is 1.78 bits per heavy atom. The van der Waals surface area contributed by atoms with Gasteiger partial charge in [0.05, 0.1) is 17.4 Å². The molecule has 1 fully saturated rings. The molecule has 32 heavy (non-hydrogen) atoms. The highest BCUT2D eigenvalue weighted by atomic mass is 32.2. The second-order valence-corrected chi connectivity index (χ2v) is 9.90. The molecule has 170 valence electrons. The monoisotopic (exact) mass is 457 g/mol. The molecule has 2 aromatic carbocycles. The van der Waals surface area contributed by atoms with E-state index in [0.29, 0.717) is 24.2 Å². The van der Waals surface area contributed by atoms with Crippen molar-refractivity contribution in [2.75, 3.05) is 22.4 Å². The van der Waals surface area contributed by atoms with E-state index in [1.54, 1.807) is 55.5 Å². The summed E-state index contributed by atoms with van der Waals surface area (Å²) in [7, 11) is -3.67.